The van der Waals surface area contributed by atoms with Gasteiger partial charge in [-0.3, -0.25) is 4.79 Å². The summed E-state index contributed by atoms with van der Waals surface area (Å²) in [5.74, 6) is 0.202. The van der Waals surface area contributed by atoms with Crippen molar-refractivity contribution in [1.29, 1.82) is 0 Å². The largest absolute Gasteiger partial charge is 0.435 e. The Morgan fingerprint density at radius 1 is 1.30 bits per heavy atom. The van der Waals surface area contributed by atoms with E-state index in [0.717, 1.165) is 6.42 Å². The molecule has 1 amide bonds. The van der Waals surface area contributed by atoms with Crippen LogP contribution in [0.2, 0.25) is 0 Å². The molecular weight excluding hydrogens is 266 g/mol. The van der Waals surface area contributed by atoms with Gasteiger partial charge in [0.05, 0.1) is 0 Å². The van der Waals surface area contributed by atoms with E-state index in [1.807, 2.05) is 0 Å². The minimum Gasteiger partial charge on any atom is -0.435 e. The fraction of sp³-hybridized carbons (Fsp3) is 0.500. The fourth-order valence-corrected chi connectivity index (χ4v) is 1.80. The monoisotopic (exact) mass is 286 g/mol. The zero-order chi connectivity index (χ0) is 15.1. The summed E-state index contributed by atoms with van der Waals surface area (Å²) in [5, 5.41) is 2.71. The lowest BCUT2D eigenvalue weighted by Crippen LogP contribution is -2.38. The van der Waals surface area contributed by atoms with Crippen molar-refractivity contribution < 1.29 is 18.3 Å². The normalized spacial score (nSPS) is 12.6. The summed E-state index contributed by atoms with van der Waals surface area (Å²) in [6.45, 7) is 1.63. The first kappa shape index (κ1) is 16.4. The number of carbonyl (C=O) groups is 1. The summed E-state index contributed by atoms with van der Waals surface area (Å²) in [7, 11) is 0. The average molecular weight is 286 g/mol. The number of alkyl halides is 2. The number of nitrogens with two attached hydrogens (primary N) is 1. The lowest BCUT2D eigenvalue weighted by atomic mass is 10.0. The fourth-order valence-electron chi connectivity index (χ4n) is 1.80. The number of halogens is 2. The minimum atomic E-state index is -2.87. The number of amides is 1. The highest BCUT2D eigenvalue weighted by molar-refractivity contribution is 5.94. The molecule has 0 aromatic heterocycles. The molecule has 1 aromatic carbocycles. The Bertz CT molecular complexity index is 422. The van der Waals surface area contributed by atoms with Gasteiger partial charge in [0, 0.05) is 18.2 Å². The van der Waals surface area contributed by atoms with Crippen molar-refractivity contribution >= 4 is 5.91 Å². The van der Waals surface area contributed by atoms with Gasteiger partial charge in [0.2, 0.25) is 0 Å². The van der Waals surface area contributed by atoms with Crippen LogP contribution in [0.3, 0.4) is 0 Å². The molecule has 0 heterocycles. The Labute approximate surface area is 117 Å². The van der Waals surface area contributed by atoms with Crippen molar-refractivity contribution in [2.24, 2.45) is 11.7 Å². The van der Waals surface area contributed by atoms with Crippen LogP contribution in [0.15, 0.2) is 24.3 Å². The summed E-state index contributed by atoms with van der Waals surface area (Å²) in [5.41, 5.74) is 6.24. The topological polar surface area (TPSA) is 64.3 Å². The van der Waals surface area contributed by atoms with Gasteiger partial charge in [-0.2, -0.15) is 8.78 Å². The molecule has 0 aliphatic carbocycles. The van der Waals surface area contributed by atoms with Gasteiger partial charge in [-0.05, 0) is 36.6 Å². The smallest absolute Gasteiger partial charge is 0.387 e. The first-order valence-corrected chi connectivity index (χ1v) is 6.47. The lowest BCUT2D eigenvalue weighted by molar-refractivity contribution is -0.0498. The molecule has 4 nitrogen and oxygen atoms in total. The maximum absolute atomic E-state index is 12.0. The van der Waals surface area contributed by atoms with Crippen LogP contribution < -0.4 is 15.8 Å². The summed E-state index contributed by atoms with van der Waals surface area (Å²) in [4.78, 5) is 11.8. The zero-order valence-electron chi connectivity index (χ0n) is 11.6. The Hall–Kier alpha value is -1.69. The van der Waals surface area contributed by atoms with Gasteiger partial charge in [0.1, 0.15) is 5.75 Å². The number of ether oxygens (including phenoxy) is 1. The molecule has 1 aromatic rings. The SMILES string of the molecule is CC(C)CC(N)CNC(=O)c1ccc(OC(F)F)cc1. The van der Waals surface area contributed by atoms with E-state index in [4.69, 9.17) is 5.73 Å². The van der Waals surface area contributed by atoms with E-state index < -0.39 is 6.61 Å². The number of nitrogens with one attached hydrogen (secondary N) is 1. The molecule has 3 N–H and O–H groups in total. The molecule has 0 saturated heterocycles. The molecule has 0 aliphatic heterocycles. The second-order valence-electron chi connectivity index (χ2n) is 5.00. The van der Waals surface area contributed by atoms with Crippen LogP contribution in [0, 0.1) is 5.92 Å². The Kier molecular flexibility index (Phi) is 6.38. The molecule has 0 saturated carbocycles. The van der Waals surface area contributed by atoms with Crippen LogP contribution in [-0.4, -0.2) is 25.1 Å². The molecule has 1 unspecified atom stereocenters. The quantitative estimate of drug-likeness (QED) is 0.809. The van der Waals surface area contributed by atoms with Crippen LogP contribution in [0.5, 0.6) is 5.75 Å². The maximum atomic E-state index is 12.0. The van der Waals surface area contributed by atoms with Crippen molar-refractivity contribution in [1.82, 2.24) is 5.32 Å². The number of hydrogen-bond acceptors (Lipinski definition) is 3. The molecule has 20 heavy (non-hydrogen) atoms. The van der Waals surface area contributed by atoms with E-state index in [1.165, 1.54) is 24.3 Å². The van der Waals surface area contributed by atoms with Crippen molar-refractivity contribution in [3.8, 4) is 5.75 Å². The van der Waals surface area contributed by atoms with Crippen LogP contribution >= 0.6 is 0 Å². The number of benzene rings is 1. The van der Waals surface area contributed by atoms with Gasteiger partial charge in [0.15, 0.2) is 0 Å². The Morgan fingerprint density at radius 2 is 1.90 bits per heavy atom. The average Bonchev–Trinajstić information content (AvgIpc) is 2.35. The number of hydrogen-bond donors (Lipinski definition) is 2. The second kappa shape index (κ2) is 7.79. The summed E-state index contributed by atoms with van der Waals surface area (Å²) in [6, 6.07) is 5.42. The molecule has 1 atom stereocenters. The van der Waals surface area contributed by atoms with Crippen LogP contribution in [0.4, 0.5) is 8.78 Å². The molecule has 0 aliphatic rings. The van der Waals surface area contributed by atoms with Gasteiger partial charge in [-0.25, -0.2) is 0 Å². The maximum Gasteiger partial charge on any atom is 0.387 e. The summed E-state index contributed by atoms with van der Waals surface area (Å²) in [6.07, 6.45) is 0.821. The van der Waals surface area contributed by atoms with E-state index >= 15 is 0 Å². The highest BCUT2D eigenvalue weighted by Gasteiger charge is 2.10. The van der Waals surface area contributed by atoms with Gasteiger partial charge in [0.25, 0.3) is 5.91 Å². The van der Waals surface area contributed by atoms with Crippen molar-refractivity contribution in [3.63, 3.8) is 0 Å². The highest BCUT2D eigenvalue weighted by atomic mass is 19.3. The zero-order valence-corrected chi connectivity index (χ0v) is 11.6. The van der Waals surface area contributed by atoms with E-state index in [9.17, 15) is 13.6 Å². The van der Waals surface area contributed by atoms with Crippen molar-refractivity contribution in [2.45, 2.75) is 32.9 Å². The summed E-state index contributed by atoms with van der Waals surface area (Å²) < 4.78 is 28.2. The Morgan fingerprint density at radius 3 is 2.40 bits per heavy atom. The van der Waals surface area contributed by atoms with Crippen molar-refractivity contribution in [3.05, 3.63) is 29.8 Å². The van der Waals surface area contributed by atoms with E-state index in [-0.39, 0.29) is 17.7 Å². The van der Waals surface area contributed by atoms with Gasteiger partial charge < -0.3 is 15.8 Å². The second-order valence-corrected chi connectivity index (χ2v) is 5.00. The standard InChI is InChI=1S/C14H20F2N2O2/c1-9(2)7-11(17)8-18-13(19)10-3-5-12(6-4-10)20-14(15)16/h3-6,9,11,14H,7-8,17H2,1-2H3,(H,18,19). The predicted octanol–water partition coefficient (Wildman–Crippen LogP) is 2.39. The first-order valence-electron chi connectivity index (χ1n) is 6.47. The van der Waals surface area contributed by atoms with Crippen LogP contribution in [0.1, 0.15) is 30.6 Å². The lowest BCUT2D eigenvalue weighted by Gasteiger charge is -2.14. The molecule has 0 radical (unpaired) electrons. The number of carbonyl (C=O) groups excluding carboxylic acids is 1. The molecule has 112 valence electrons. The van der Waals surface area contributed by atoms with E-state index in [0.29, 0.717) is 18.0 Å². The van der Waals surface area contributed by atoms with E-state index in [2.05, 4.69) is 23.9 Å². The van der Waals surface area contributed by atoms with Crippen LogP contribution in [0.25, 0.3) is 0 Å². The number of rotatable bonds is 7. The first-order chi connectivity index (χ1) is 9.38. The molecule has 0 bridgehead atoms. The predicted molar refractivity (Wildman–Crippen MR) is 72.8 cm³/mol. The van der Waals surface area contributed by atoms with Crippen LogP contribution in [-0.2, 0) is 0 Å². The van der Waals surface area contributed by atoms with Crippen molar-refractivity contribution in [2.75, 3.05) is 6.54 Å². The summed E-state index contributed by atoms with van der Waals surface area (Å²) >= 11 is 0. The van der Waals surface area contributed by atoms with E-state index in [1.54, 1.807) is 0 Å². The van der Waals surface area contributed by atoms with Gasteiger partial charge >= 0.3 is 6.61 Å². The third kappa shape index (κ3) is 5.97. The third-order valence-electron chi connectivity index (χ3n) is 2.64. The minimum absolute atomic E-state index is 0.0214. The van der Waals surface area contributed by atoms with Gasteiger partial charge in [-0.1, -0.05) is 13.8 Å². The molecule has 1 rings (SSSR count). The Balaban J connectivity index is 2.47. The molecule has 6 heteroatoms. The van der Waals surface area contributed by atoms with Gasteiger partial charge in [-0.15, -0.1) is 0 Å². The third-order valence-corrected chi connectivity index (χ3v) is 2.64. The molecular formula is C14H20F2N2O2. The highest BCUT2D eigenvalue weighted by Crippen LogP contribution is 2.14. The molecule has 0 spiro atoms. The molecule has 0 fully saturated rings.